The second-order valence-electron chi connectivity index (χ2n) is 5.47. The van der Waals surface area contributed by atoms with Crippen LogP contribution in [0.2, 0.25) is 0 Å². The third kappa shape index (κ3) is 3.52. The lowest BCUT2D eigenvalue weighted by Crippen LogP contribution is -2.01. The Balaban J connectivity index is 1.80. The van der Waals surface area contributed by atoms with Crippen LogP contribution in [-0.2, 0) is 0 Å². The smallest absolute Gasteiger partial charge is 0.286 e. The van der Waals surface area contributed by atoms with Gasteiger partial charge in [0.25, 0.3) is 5.88 Å². The first-order chi connectivity index (χ1) is 12.9. The third-order valence-corrected chi connectivity index (χ3v) is 3.66. The molecule has 0 aliphatic rings. The van der Waals surface area contributed by atoms with Gasteiger partial charge in [0.05, 0.1) is 0 Å². The average Bonchev–Trinajstić information content (AvgIpc) is 2.71. The van der Waals surface area contributed by atoms with Gasteiger partial charge in [-0.3, -0.25) is 0 Å². The Bertz CT molecular complexity index is 978. The van der Waals surface area contributed by atoms with Gasteiger partial charge in [0.15, 0.2) is 0 Å². The number of nitrogens with zero attached hydrogens (tertiary/aromatic N) is 3. The Morgan fingerprint density at radius 2 is 1.08 bits per heavy atom. The van der Waals surface area contributed by atoms with Gasteiger partial charge in [-0.05, 0) is 29.5 Å². The predicted octanol–water partition coefficient (Wildman–Crippen LogP) is 5.12. The molecular formula is C21H15N3O2. The van der Waals surface area contributed by atoms with E-state index in [1.807, 2.05) is 91.0 Å². The Morgan fingerprint density at radius 3 is 1.69 bits per heavy atom. The lowest BCUT2D eigenvalue weighted by molar-refractivity contribution is 0.395. The van der Waals surface area contributed by atoms with Gasteiger partial charge in [-0.25, -0.2) is 0 Å². The molecule has 0 aliphatic carbocycles. The molecule has 0 unspecified atom stereocenters. The highest BCUT2D eigenvalue weighted by molar-refractivity contribution is 5.68. The van der Waals surface area contributed by atoms with E-state index in [0.717, 1.165) is 5.56 Å². The van der Waals surface area contributed by atoms with E-state index in [1.165, 1.54) is 0 Å². The number of hydrogen-bond acceptors (Lipinski definition) is 5. The van der Waals surface area contributed by atoms with Crippen LogP contribution in [0.5, 0.6) is 23.1 Å². The molecule has 0 saturated carbocycles. The zero-order chi connectivity index (χ0) is 17.6. The van der Waals surface area contributed by atoms with Gasteiger partial charge in [-0.2, -0.15) is 0 Å². The Hall–Kier alpha value is -3.73. The summed E-state index contributed by atoms with van der Waals surface area (Å²) in [5, 5.41) is 12.1. The normalized spacial score (nSPS) is 10.3. The predicted molar refractivity (Wildman–Crippen MR) is 98.3 cm³/mol. The summed E-state index contributed by atoms with van der Waals surface area (Å²) in [6, 6.07) is 28.5. The average molecular weight is 341 g/mol. The van der Waals surface area contributed by atoms with Crippen molar-refractivity contribution in [3.63, 3.8) is 0 Å². The molecule has 0 fully saturated rings. The van der Waals surface area contributed by atoms with Gasteiger partial charge >= 0.3 is 0 Å². The number of hydrogen-bond donors (Lipinski definition) is 0. The molecule has 26 heavy (non-hydrogen) atoms. The van der Waals surface area contributed by atoms with E-state index in [0.29, 0.717) is 22.9 Å². The molecule has 0 radical (unpaired) electrons. The summed E-state index contributed by atoms with van der Waals surface area (Å²) >= 11 is 0. The lowest BCUT2D eigenvalue weighted by atomic mass is 10.1. The van der Waals surface area contributed by atoms with Crippen molar-refractivity contribution in [2.45, 2.75) is 0 Å². The zero-order valence-corrected chi connectivity index (χ0v) is 13.8. The van der Waals surface area contributed by atoms with Crippen LogP contribution in [0.4, 0.5) is 0 Å². The van der Waals surface area contributed by atoms with Crippen molar-refractivity contribution in [1.29, 1.82) is 0 Å². The molecule has 0 spiro atoms. The van der Waals surface area contributed by atoms with Crippen molar-refractivity contribution in [2.24, 2.45) is 0 Å². The summed E-state index contributed by atoms with van der Waals surface area (Å²) in [4.78, 5) is 0. The zero-order valence-electron chi connectivity index (χ0n) is 13.8. The SMILES string of the molecule is c1ccc(Oc2nnnc(-c3ccccc3)c2Oc2ccccc2)cc1. The summed E-state index contributed by atoms with van der Waals surface area (Å²) < 4.78 is 12.0. The first-order valence-electron chi connectivity index (χ1n) is 8.15. The van der Waals surface area contributed by atoms with Crippen LogP contribution in [0, 0.1) is 0 Å². The Morgan fingerprint density at radius 1 is 0.538 bits per heavy atom. The fourth-order valence-electron chi connectivity index (χ4n) is 2.45. The molecule has 3 aromatic carbocycles. The van der Waals surface area contributed by atoms with Crippen molar-refractivity contribution in [2.75, 3.05) is 0 Å². The van der Waals surface area contributed by atoms with E-state index >= 15 is 0 Å². The highest BCUT2D eigenvalue weighted by atomic mass is 16.5. The maximum atomic E-state index is 6.08. The largest absolute Gasteiger partial charge is 0.449 e. The summed E-state index contributed by atoms with van der Waals surface area (Å²) in [6.07, 6.45) is 0. The molecule has 0 bridgehead atoms. The fourth-order valence-corrected chi connectivity index (χ4v) is 2.45. The van der Waals surface area contributed by atoms with Crippen LogP contribution in [0.1, 0.15) is 0 Å². The maximum Gasteiger partial charge on any atom is 0.286 e. The molecule has 0 atom stereocenters. The summed E-state index contributed by atoms with van der Waals surface area (Å²) in [5.74, 6) is 1.98. The Kier molecular flexibility index (Phi) is 4.52. The van der Waals surface area contributed by atoms with E-state index in [9.17, 15) is 0 Å². The molecule has 5 heteroatoms. The van der Waals surface area contributed by atoms with E-state index in [2.05, 4.69) is 15.4 Å². The van der Waals surface area contributed by atoms with Crippen LogP contribution < -0.4 is 9.47 Å². The molecule has 0 aliphatic heterocycles. The number of ether oxygens (including phenoxy) is 2. The number of aromatic nitrogens is 3. The van der Waals surface area contributed by atoms with Gasteiger partial charge < -0.3 is 9.47 Å². The molecule has 5 nitrogen and oxygen atoms in total. The van der Waals surface area contributed by atoms with E-state index < -0.39 is 0 Å². The van der Waals surface area contributed by atoms with Crippen molar-refractivity contribution >= 4 is 0 Å². The van der Waals surface area contributed by atoms with Gasteiger partial charge in [-0.1, -0.05) is 71.8 Å². The van der Waals surface area contributed by atoms with E-state index in [-0.39, 0.29) is 5.88 Å². The van der Waals surface area contributed by atoms with Crippen LogP contribution in [0.15, 0.2) is 91.0 Å². The topological polar surface area (TPSA) is 57.1 Å². The molecule has 1 heterocycles. The molecule has 1 aromatic heterocycles. The summed E-state index contributed by atoms with van der Waals surface area (Å²) in [7, 11) is 0. The molecule has 4 aromatic rings. The first kappa shape index (κ1) is 15.8. The number of benzene rings is 3. The monoisotopic (exact) mass is 341 g/mol. The highest BCUT2D eigenvalue weighted by Crippen LogP contribution is 2.39. The van der Waals surface area contributed by atoms with Crippen LogP contribution in [-0.4, -0.2) is 15.4 Å². The molecule has 0 saturated heterocycles. The van der Waals surface area contributed by atoms with Crippen LogP contribution in [0.3, 0.4) is 0 Å². The molecule has 4 rings (SSSR count). The minimum atomic E-state index is 0.258. The fraction of sp³-hybridized carbons (Fsp3) is 0. The molecule has 0 N–H and O–H groups in total. The van der Waals surface area contributed by atoms with Gasteiger partial charge in [0, 0.05) is 5.56 Å². The lowest BCUT2D eigenvalue weighted by Gasteiger charge is -2.13. The minimum Gasteiger partial charge on any atom is -0.449 e. The number of rotatable bonds is 5. The quantitative estimate of drug-likeness (QED) is 0.504. The van der Waals surface area contributed by atoms with Gasteiger partial charge in [-0.15, -0.1) is 5.10 Å². The van der Waals surface area contributed by atoms with Crippen LogP contribution >= 0.6 is 0 Å². The van der Waals surface area contributed by atoms with Crippen molar-refractivity contribution in [3.05, 3.63) is 91.0 Å². The third-order valence-electron chi connectivity index (χ3n) is 3.66. The standard InChI is InChI=1S/C21H15N3O2/c1-4-10-16(11-5-1)19-20(25-17-12-6-2-7-13-17)21(23-24-22-19)26-18-14-8-3-9-15-18/h1-15H. The number of para-hydroxylation sites is 2. The first-order valence-corrected chi connectivity index (χ1v) is 8.15. The van der Waals surface area contributed by atoms with Crippen molar-refractivity contribution in [3.8, 4) is 34.4 Å². The van der Waals surface area contributed by atoms with Crippen molar-refractivity contribution < 1.29 is 9.47 Å². The molecular weight excluding hydrogens is 326 g/mol. The molecule has 0 amide bonds. The second kappa shape index (κ2) is 7.44. The summed E-state index contributed by atoms with van der Waals surface area (Å²) in [6.45, 7) is 0. The van der Waals surface area contributed by atoms with Crippen molar-refractivity contribution in [1.82, 2.24) is 15.4 Å². The maximum absolute atomic E-state index is 6.08. The second-order valence-corrected chi connectivity index (χ2v) is 5.47. The molecule has 126 valence electrons. The summed E-state index contributed by atoms with van der Waals surface area (Å²) in [5.41, 5.74) is 1.43. The van der Waals surface area contributed by atoms with Crippen LogP contribution in [0.25, 0.3) is 11.3 Å². The van der Waals surface area contributed by atoms with E-state index in [4.69, 9.17) is 9.47 Å². The minimum absolute atomic E-state index is 0.258. The van der Waals surface area contributed by atoms with Gasteiger partial charge in [0.2, 0.25) is 5.75 Å². The van der Waals surface area contributed by atoms with E-state index in [1.54, 1.807) is 0 Å². The Labute approximate surface area is 150 Å². The van der Waals surface area contributed by atoms with Gasteiger partial charge in [0.1, 0.15) is 17.2 Å². The highest BCUT2D eigenvalue weighted by Gasteiger charge is 2.19.